The Morgan fingerprint density at radius 1 is 1.19 bits per heavy atom. The van der Waals surface area contributed by atoms with Crippen LogP contribution < -0.4 is 9.47 Å². The average molecular weight is 386 g/mol. The molecule has 2 aromatic carbocycles. The molecule has 7 heteroatoms. The van der Waals surface area contributed by atoms with Gasteiger partial charge in [0, 0.05) is 16.1 Å². The van der Waals surface area contributed by atoms with E-state index in [1.807, 2.05) is 12.1 Å². The molecule has 0 atom stereocenters. The lowest BCUT2D eigenvalue weighted by atomic mass is 10.2. The number of halogens is 1. The lowest BCUT2D eigenvalue weighted by Crippen LogP contribution is -2.15. The quantitative estimate of drug-likeness (QED) is 0.561. The summed E-state index contributed by atoms with van der Waals surface area (Å²) in [6.45, 7) is 2.56. The minimum Gasteiger partial charge on any atom is -0.497 e. The Hall–Kier alpha value is -2.86. The van der Waals surface area contributed by atoms with E-state index in [-0.39, 0.29) is 11.9 Å². The summed E-state index contributed by atoms with van der Waals surface area (Å²) in [5.41, 5.74) is 1.14. The van der Waals surface area contributed by atoms with Crippen molar-refractivity contribution in [2.45, 2.75) is 19.8 Å². The van der Waals surface area contributed by atoms with Crippen molar-refractivity contribution in [3.63, 3.8) is 0 Å². The largest absolute Gasteiger partial charge is 0.497 e. The van der Waals surface area contributed by atoms with Gasteiger partial charge in [-0.15, -0.1) is 5.10 Å². The number of ether oxygens (including phenoxy) is 2. The highest BCUT2D eigenvalue weighted by atomic mass is 35.5. The fourth-order valence-corrected chi connectivity index (χ4v) is 2.66. The van der Waals surface area contributed by atoms with Gasteiger partial charge in [0.2, 0.25) is 0 Å². The minimum absolute atomic E-state index is 0.171. The summed E-state index contributed by atoms with van der Waals surface area (Å²) in [6.07, 6.45) is 1.88. The highest BCUT2D eigenvalue weighted by Gasteiger charge is 2.20. The maximum atomic E-state index is 13.0. The summed E-state index contributed by atoms with van der Waals surface area (Å²) >= 11 is 6.02. The fourth-order valence-electron chi connectivity index (χ4n) is 2.47. The van der Waals surface area contributed by atoms with Gasteiger partial charge < -0.3 is 9.47 Å². The number of hydrogen-bond donors (Lipinski definition) is 0. The molecule has 0 unspecified atom stereocenters. The van der Waals surface area contributed by atoms with Crippen molar-refractivity contribution in [1.82, 2.24) is 14.8 Å². The van der Waals surface area contributed by atoms with Gasteiger partial charge in [-0.3, -0.25) is 4.79 Å². The topological polar surface area (TPSA) is 66.2 Å². The molecule has 140 valence electrons. The molecule has 0 aliphatic carbocycles. The van der Waals surface area contributed by atoms with E-state index in [1.54, 1.807) is 43.5 Å². The molecular weight excluding hydrogens is 366 g/mol. The van der Waals surface area contributed by atoms with Crippen molar-refractivity contribution < 1.29 is 14.3 Å². The van der Waals surface area contributed by atoms with Crippen LogP contribution in [0.4, 0.5) is 0 Å². The Morgan fingerprint density at radius 2 is 1.96 bits per heavy atom. The van der Waals surface area contributed by atoms with Crippen LogP contribution in [0.3, 0.4) is 0 Å². The van der Waals surface area contributed by atoms with E-state index in [1.165, 1.54) is 4.68 Å². The number of rotatable bonds is 7. The second-order valence-electron chi connectivity index (χ2n) is 5.88. The summed E-state index contributed by atoms with van der Waals surface area (Å²) < 4.78 is 12.0. The predicted octanol–water partition coefficient (Wildman–Crippen LogP) is 4.47. The number of aromatic nitrogens is 3. The number of nitrogens with zero attached hydrogens (tertiary/aromatic N) is 3. The molecule has 0 radical (unpaired) electrons. The Balaban J connectivity index is 2.00. The molecule has 27 heavy (non-hydrogen) atoms. The van der Waals surface area contributed by atoms with E-state index in [0.717, 1.165) is 18.4 Å². The lowest BCUT2D eigenvalue weighted by molar-refractivity contribution is 0.0944. The number of unbranched alkanes of at least 4 members (excludes halogenated alkanes) is 1. The molecule has 0 fully saturated rings. The average Bonchev–Trinajstić information content (AvgIpc) is 3.12. The van der Waals surface area contributed by atoms with Gasteiger partial charge in [-0.2, -0.15) is 9.67 Å². The first-order valence-corrected chi connectivity index (χ1v) is 9.04. The fraction of sp³-hybridized carbons (Fsp3) is 0.250. The van der Waals surface area contributed by atoms with Gasteiger partial charge in [0.25, 0.3) is 5.91 Å². The Kier molecular flexibility index (Phi) is 6.08. The molecule has 3 aromatic rings. The van der Waals surface area contributed by atoms with E-state index in [9.17, 15) is 4.79 Å². The summed E-state index contributed by atoms with van der Waals surface area (Å²) in [4.78, 5) is 17.4. The smallest absolute Gasteiger partial charge is 0.336 e. The molecule has 0 N–H and O–H groups in total. The number of carbonyl (C=O) groups is 1. The van der Waals surface area contributed by atoms with E-state index >= 15 is 0 Å². The van der Waals surface area contributed by atoms with Crippen LogP contribution in [0.5, 0.6) is 11.8 Å². The van der Waals surface area contributed by atoms with Crippen LogP contribution in [0.1, 0.15) is 30.1 Å². The normalized spacial score (nSPS) is 10.6. The Labute approximate surface area is 162 Å². The molecule has 0 saturated carbocycles. The van der Waals surface area contributed by atoms with Crippen LogP contribution >= 0.6 is 11.6 Å². The zero-order valence-electron chi connectivity index (χ0n) is 15.2. The van der Waals surface area contributed by atoms with Crippen LogP contribution in [0, 0.1) is 0 Å². The highest BCUT2D eigenvalue weighted by molar-refractivity contribution is 6.31. The monoisotopic (exact) mass is 385 g/mol. The van der Waals surface area contributed by atoms with Gasteiger partial charge in [0.05, 0.1) is 13.7 Å². The molecule has 0 bridgehead atoms. The lowest BCUT2D eigenvalue weighted by Gasteiger charge is -2.06. The zero-order chi connectivity index (χ0) is 19.2. The first-order valence-electron chi connectivity index (χ1n) is 8.67. The number of methoxy groups -OCH3 is 1. The van der Waals surface area contributed by atoms with Crippen LogP contribution in [0.15, 0.2) is 48.5 Å². The van der Waals surface area contributed by atoms with Gasteiger partial charge >= 0.3 is 6.01 Å². The summed E-state index contributed by atoms with van der Waals surface area (Å²) in [6, 6.07) is 14.1. The van der Waals surface area contributed by atoms with Crippen molar-refractivity contribution in [2.75, 3.05) is 13.7 Å². The van der Waals surface area contributed by atoms with Crippen molar-refractivity contribution in [1.29, 1.82) is 0 Å². The standard InChI is InChI=1S/C20H20ClN3O3/c1-3-4-12-27-20-22-18(14-8-10-17(26-2)11-9-14)24(23-20)19(25)15-6-5-7-16(21)13-15/h5-11,13H,3-4,12H2,1-2H3. The highest BCUT2D eigenvalue weighted by Crippen LogP contribution is 2.24. The molecule has 0 aliphatic heterocycles. The Bertz CT molecular complexity index is 922. The third-order valence-electron chi connectivity index (χ3n) is 3.93. The first-order chi connectivity index (χ1) is 13.1. The third kappa shape index (κ3) is 4.46. The van der Waals surface area contributed by atoms with Crippen LogP contribution in [-0.2, 0) is 0 Å². The molecule has 0 saturated heterocycles. The number of benzene rings is 2. The second-order valence-corrected chi connectivity index (χ2v) is 6.31. The van der Waals surface area contributed by atoms with Gasteiger partial charge in [-0.1, -0.05) is 31.0 Å². The molecule has 1 aromatic heterocycles. The zero-order valence-corrected chi connectivity index (χ0v) is 15.9. The third-order valence-corrected chi connectivity index (χ3v) is 4.16. The van der Waals surface area contributed by atoms with E-state index in [2.05, 4.69) is 17.0 Å². The minimum atomic E-state index is -0.332. The van der Waals surface area contributed by atoms with Crippen molar-refractivity contribution in [2.24, 2.45) is 0 Å². The molecule has 0 spiro atoms. The maximum absolute atomic E-state index is 13.0. The van der Waals surface area contributed by atoms with E-state index in [0.29, 0.717) is 28.8 Å². The summed E-state index contributed by atoms with van der Waals surface area (Å²) in [5, 5.41) is 4.74. The van der Waals surface area contributed by atoms with Gasteiger partial charge in [0.1, 0.15) is 5.75 Å². The van der Waals surface area contributed by atoms with Crippen LogP contribution in [0.2, 0.25) is 5.02 Å². The predicted molar refractivity (Wildman–Crippen MR) is 104 cm³/mol. The van der Waals surface area contributed by atoms with E-state index in [4.69, 9.17) is 21.1 Å². The van der Waals surface area contributed by atoms with Gasteiger partial charge in [-0.05, 0) is 48.9 Å². The summed E-state index contributed by atoms with van der Waals surface area (Å²) in [5.74, 6) is 0.778. The van der Waals surface area contributed by atoms with Crippen molar-refractivity contribution in [3.8, 4) is 23.1 Å². The second kappa shape index (κ2) is 8.68. The molecule has 6 nitrogen and oxygen atoms in total. The first kappa shape index (κ1) is 18.9. The van der Waals surface area contributed by atoms with Crippen molar-refractivity contribution in [3.05, 3.63) is 59.1 Å². The molecular formula is C20H20ClN3O3. The van der Waals surface area contributed by atoms with Crippen molar-refractivity contribution >= 4 is 17.5 Å². The van der Waals surface area contributed by atoms with Gasteiger partial charge in [0.15, 0.2) is 5.82 Å². The van der Waals surface area contributed by atoms with Crippen LogP contribution in [0.25, 0.3) is 11.4 Å². The van der Waals surface area contributed by atoms with E-state index < -0.39 is 0 Å². The van der Waals surface area contributed by atoms with Crippen LogP contribution in [-0.4, -0.2) is 34.4 Å². The molecule has 0 aliphatic rings. The number of carbonyl (C=O) groups excluding carboxylic acids is 1. The molecule has 3 rings (SSSR count). The SMILES string of the molecule is CCCCOc1nc(-c2ccc(OC)cc2)n(C(=O)c2cccc(Cl)c2)n1. The molecule has 0 amide bonds. The van der Waals surface area contributed by atoms with Gasteiger partial charge in [-0.25, -0.2) is 0 Å². The number of hydrogen-bond acceptors (Lipinski definition) is 5. The molecule has 1 heterocycles. The summed E-state index contributed by atoms with van der Waals surface area (Å²) in [7, 11) is 1.60. The Morgan fingerprint density at radius 3 is 2.63 bits per heavy atom. The maximum Gasteiger partial charge on any atom is 0.336 e.